The molecular formula is C12H9N5O2. The Labute approximate surface area is 107 Å². The number of non-ortho nitro benzene ring substituents is 1. The predicted octanol–water partition coefficient (Wildman–Crippen LogP) is 1.98. The Bertz CT molecular complexity index is 831. The Morgan fingerprint density at radius 2 is 2.05 bits per heavy atom. The summed E-state index contributed by atoms with van der Waals surface area (Å²) in [5.74, 6) is 0.0170. The number of aromatic nitrogens is 3. The summed E-state index contributed by atoms with van der Waals surface area (Å²) in [6.45, 7) is 1.86. The summed E-state index contributed by atoms with van der Waals surface area (Å²) < 4.78 is 0. The van der Waals surface area contributed by atoms with E-state index >= 15 is 0 Å². The molecular weight excluding hydrogens is 246 g/mol. The number of hydrogen-bond acceptors (Lipinski definition) is 6. The standard InChI is InChI=1S/C12H9N5O2/c1-6-8-4-14-3-2-7(8)11(17(18)19)10-9(6)5-15-12(13)16-10/h2-5H,1H3,(H2,13,15,16). The van der Waals surface area contributed by atoms with Crippen molar-refractivity contribution in [3.63, 3.8) is 0 Å². The van der Waals surface area contributed by atoms with Crippen LogP contribution >= 0.6 is 0 Å². The first-order valence-corrected chi connectivity index (χ1v) is 5.52. The fraction of sp³-hybridized carbons (Fsp3) is 0.0833. The molecule has 0 saturated carbocycles. The Hall–Kier alpha value is -2.83. The zero-order valence-electron chi connectivity index (χ0n) is 9.99. The van der Waals surface area contributed by atoms with Gasteiger partial charge in [0.2, 0.25) is 5.95 Å². The van der Waals surface area contributed by atoms with Gasteiger partial charge in [0.25, 0.3) is 0 Å². The molecule has 0 amide bonds. The highest BCUT2D eigenvalue weighted by Crippen LogP contribution is 2.35. The number of hydrogen-bond donors (Lipinski definition) is 1. The van der Waals surface area contributed by atoms with Crippen molar-refractivity contribution >= 4 is 33.3 Å². The van der Waals surface area contributed by atoms with Gasteiger partial charge >= 0.3 is 5.69 Å². The van der Waals surface area contributed by atoms with E-state index in [1.54, 1.807) is 12.3 Å². The smallest absolute Gasteiger partial charge is 0.303 e. The first kappa shape index (κ1) is 11.3. The maximum Gasteiger partial charge on any atom is 0.303 e. The molecule has 2 N–H and O–H groups in total. The van der Waals surface area contributed by atoms with Crippen molar-refractivity contribution in [2.24, 2.45) is 0 Å². The van der Waals surface area contributed by atoms with Gasteiger partial charge in [-0.1, -0.05) is 0 Å². The van der Waals surface area contributed by atoms with Crippen molar-refractivity contribution in [3.8, 4) is 0 Å². The van der Waals surface area contributed by atoms with Gasteiger partial charge in [-0.25, -0.2) is 9.97 Å². The summed E-state index contributed by atoms with van der Waals surface area (Å²) in [5.41, 5.74) is 6.58. The zero-order chi connectivity index (χ0) is 13.6. The zero-order valence-corrected chi connectivity index (χ0v) is 9.99. The van der Waals surface area contributed by atoms with E-state index in [9.17, 15) is 10.1 Å². The normalized spacial score (nSPS) is 11.0. The minimum atomic E-state index is -0.448. The lowest BCUT2D eigenvalue weighted by molar-refractivity contribution is -0.381. The molecule has 0 fully saturated rings. The van der Waals surface area contributed by atoms with Gasteiger partial charge in [-0.3, -0.25) is 15.1 Å². The van der Waals surface area contributed by atoms with Crippen LogP contribution in [0.3, 0.4) is 0 Å². The van der Waals surface area contributed by atoms with Gasteiger partial charge in [-0.15, -0.1) is 0 Å². The Kier molecular flexibility index (Phi) is 2.28. The van der Waals surface area contributed by atoms with E-state index in [2.05, 4.69) is 15.0 Å². The molecule has 0 aliphatic carbocycles. The third kappa shape index (κ3) is 1.55. The number of benzene rings is 1. The average Bonchev–Trinajstić information content (AvgIpc) is 2.38. The van der Waals surface area contributed by atoms with Gasteiger partial charge in [-0.2, -0.15) is 0 Å². The number of nitrogen functional groups attached to an aromatic ring is 1. The summed E-state index contributed by atoms with van der Waals surface area (Å²) in [5, 5.41) is 13.2. The Morgan fingerprint density at radius 1 is 1.26 bits per heavy atom. The fourth-order valence-corrected chi connectivity index (χ4v) is 2.21. The molecule has 0 atom stereocenters. The maximum absolute atomic E-state index is 11.3. The molecule has 2 heterocycles. The number of rotatable bonds is 1. The van der Waals surface area contributed by atoms with Crippen molar-refractivity contribution in [1.29, 1.82) is 0 Å². The third-order valence-electron chi connectivity index (χ3n) is 3.10. The molecule has 2 aromatic heterocycles. The van der Waals surface area contributed by atoms with E-state index < -0.39 is 4.92 Å². The lowest BCUT2D eigenvalue weighted by Crippen LogP contribution is -2.00. The van der Waals surface area contributed by atoms with Gasteiger partial charge in [0, 0.05) is 29.4 Å². The van der Waals surface area contributed by atoms with Crippen molar-refractivity contribution in [2.75, 3.05) is 5.73 Å². The van der Waals surface area contributed by atoms with Crippen LogP contribution in [0.1, 0.15) is 5.56 Å². The molecule has 3 aromatic rings. The molecule has 0 spiro atoms. The first-order chi connectivity index (χ1) is 9.09. The van der Waals surface area contributed by atoms with E-state index in [-0.39, 0.29) is 17.2 Å². The van der Waals surface area contributed by atoms with E-state index in [0.29, 0.717) is 10.8 Å². The second-order valence-corrected chi connectivity index (χ2v) is 4.14. The third-order valence-corrected chi connectivity index (χ3v) is 3.10. The molecule has 7 nitrogen and oxygen atoms in total. The molecule has 3 rings (SSSR count). The minimum absolute atomic E-state index is 0.0170. The van der Waals surface area contributed by atoms with Crippen LogP contribution in [0.4, 0.5) is 11.6 Å². The van der Waals surface area contributed by atoms with Crippen LogP contribution in [0.25, 0.3) is 21.7 Å². The van der Waals surface area contributed by atoms with Crippen LogP contribution in [0.15, 0.2) is 24.7 Å². The van der Waals surface area contributed by atoms with E-state index in [0.717, 1.165) is 10.9 Å². The lowest BCUT2D eigenvalue weighted by Gasteiger charge is -2.07. The molecule has 19 heavy (non-hydrogen) atoms. The number of fused-ring (bicyclic) bond motifs is 2. The van der Waals surface area contributed by atoms with Crippen molar-refractivity contribution in [1.82, 2.24) is 15.0 Å². The van der Waals surface area contributed by atoms with Crippen LogP contribution in [0.5, 0.6) is 0 Å². The summed E-state index contributed by atoms with van der Waals surface area (Å²) in [7, 11) is 0. The molecule has 0 radical (unpaired) electrons. The molecule has 0 saturated heterocycles. The molecule has 0 bridgehead atoms. The quantitative estimate of drug-likeness (QED) is 0.404. The highest BCUT2D eigenvalue weighted by Gasteiger charge is 2.21. The van der Waals surface area contributed by atoms with E-state index in [4.69, 9.17) is 5.73 Å². The fourth-order valence-electron chi connectivity index (χ4n) is 2.21. The number of nitrogens with two attached hydrogens (primary N) is 1. The number of pyridine rings is 1. The highest BCUT2D eigenvalue weighted by molar-refractivity contribution is 6.08. The monoisotopic (exact) mass is 255 g/mol. The number of anilines is 1. The molecule has 7 heteroatoms. The predicted molar refractivity (Wildman–Crippen MR) is 70.6 cm³/mol. The maximum atomic E-state index is 11.3. The number of nitrogens with zero attached hydrogens (tertiary/aromatic N) is 4. The van der Waals surface area contributed by atoms with Gasteiger partial charge in [0.1, 0.15) is 0 Å². The number of aryl methyl sites for hydroxylation is 1. The second-order valence-electron chi connectivity index (χ2n) is 4.14. The van der Waals surface area contributed by atoms with Crippen molar-refractivity contribution < 1.29 is 4.92 Å². The van der Waals surface area contributed by atoms with Crippen LogP contribution in [0.2, 0.25) is 0 Å². The lowest BCUT2D eigenvalue weighted by atomic mass is 10.0. The van der Waals surface area contributed by atoms with Gasteiger partial charge in [0.15, 0.2) is 5.52 Å². The topological polar surface area (TPSA) is 108 Å². The number of nitro benzene ring substituents is 1. The SMILES string of the molecule is Cc1c2cnccc2c([N+](=O)[O-])c2nc(N)ncc12. The molecule has 0 aliphatic heterocycles. The summed E-state index contributed by atoms with van der Waals surface area (Å²) in [4.78, 5) is 22.8. The summed E-state index contributed by atoms with van der Waals surface area (Å²) in [6.07, 6.45) is 4.63. The minimum Gasteiger partial charge on any atom is -0.368 e. The Balaban J connectivity index is 2.66. The van der Waals surface area contributed by atoms with E-state index in [1.165, 1.54) is 12.4 Å². The summed E-state index contributed by atoms with van der Waals surface area (Å²) in [6, 6.07) is 1.61. The largest absolute Gasteiger partial charge is 0.368 e. The van der Waals surface area contributed by atoms with Gasteiger partial charge < -0.3 is 5.73 Å². The van der Waals surface area contributed by atoms with E-state index in [1.807, 2.05) is 6.92 Å². The highest BCUT2D eigenvalue weighted by atomic mass is 16.6. The molecule has 94 valence electrons. The molecule has 0 aliphatic rings. The van der Waals surface area contributed by atoms with Crippen LogP contribution in [-0.2, 0) is 0 Å². The molecule has 1 aromatic carbocycles. The first-order valence-electron chi connectivity index (χ1n) is 5.52. The second kappa shape index (κ2) is 3.84. The summed E-state index contributed by atoms with van der Waals surface area (Å²) >= 11 is 0. The van der Waals surface area contributed by atoms with Crippen molar-refractivity contribution in [2.45, 2.75) is 6.92 Å². The van der Waals surface area contributed by atoms with Crippen LogP contribution in [0, 0.1) is 17.0 Å². The van der Waals surface area contributed by atoms with Crippen molar-refractivity contribution in [3.05, 3.63) is 40.3 Å². The van der Waals surface area contributed by atoms with Gasteiger partial charge in [0.05, 0.1) is 10.3 Å². The average molecular weight is 255 g/mol. The van der Waals surface area contributed by atoms with Gasteiger partial charge in [-0.05, 0) is 18.6 Å². The Morgan fingerprint density at radius 3 is 2.79 bits per heavy atom. The van der Waals surface area contributed by atoms with Crippen LogP contribution in [-0.4, -0.2) is 19.9 Å². The number of nitro groups is 1. The molecule has 0 unspecified atom stereocenters. The van der Waals surface area contributed by atoms with Crippen LogP contribution < -0.4 is 5.73 Å².